The maximum Gasteiger partial charge on any atom is 0.187 e. The second kappa shape index (κ2) is 27.6. The number of ether oxygens (including phenoxy) is 17. The Kier molecular flexibility index (Phi) is 23.0. The van der Waals surface area contributed by atoms with Crippen LogP contribution in [0.2, 0.25) is 0 Å². The Morgan fingerprint density at radius 2 is 0.452 bits per heavy atom. The Balaban J connectivity index is 1.13. The van der Waals surface area contributed by atoms with Gasteiger partial charge in [0.1, 0.15) is 146 Å². The molecule has 14 N–H and O–H groups in total. The van der Waals surface area contributed by atoms with Gasteiger partial charge in [0, 0.05) is 42.7 Å². The highest BCUT2D eigenvalue weighted by molar-refractivity contribution is 5.01. The normalized spacial score (nSPS) is 50.0. The van der Waals surface area contributed by atoms with Crippen molar-refractivity contribution < 1.29 is 152 Å². The van der Waals surface area contributed by atoms with Crippen molar-refractivity contribution in [3.8, 4) is 0 Å². The summed E-state index contributed by atoms with van der Waals surface area (Å²) in [5, 5.41) is 150. The third-order valence-corrected chi connectivity index (χ3v) is 13.9. The first-order chi connectivity index (χ1) is 35.0. The number of hydrogen-bond donors (Lipinski definition) is 14. The summed E-state index contributed by atoms with van der Waals surface area (Å²) >= 11 is 0. The summed E-state index contributed by atoms with van der Waals surface area (Å²) in [6.07, 6.45) is -45.7. The highest BCUT2D eigenvalue weighted by Crippen LogP contribution is 2.38. The van der Waals surface area contributed by atoms with Crippen molar-refractivity contribution in [1.82, 2.24) is 0 Å². The minimum atomic E-state index is -1.82. The lowest BCUT2D eigenvalue weighted by Crippen LogP contribution is -2.68. The van der Waals surface area contributed by atoms with E-state index in [1.807, 2.05) is 0 Å². The molecule has 0 aromatic heterocycles. The molecular formula is C42H74O31. The van der Waals surface area contributed by atoms with Gasteiger partial charge in [0.15, 0.2) is 37.7 Å². The standard InChI is InChI=1S/C42H74O31/c1-57-31-19(49)13(7-43)64-38(21(31)51)70-27-15(9-45)66-40(23(53)33(27)59-3)72-29-17(11-47)68-42(25(55)35(29)61-5)73-30-18(12-48)67-41(24(54)36(30)62-6)71-28-16(10-46)65-39(22(52)34(28)60-4)69-26-14(8-44)63-37(56)20(50)32(26)58-2/h13-56H,7-12H2,1-6H3/t13-,14-,15-,16-,17-,18-,19-,20+,21+,22+,23+,24+,25+,26-,27-,28-,29-,30-,31+,32-,33-,34-,35-,36-,37?,38-,39-,40-,41-,42-/m1/s1. The fraction of sp³-hybridized carbons (Fsp3) is 1.00. The lowest BCUT2D eigenvalue weighted by Gasteiger charge is -2.51. The SMILES string of the molecule is CO[C@@H]1[C@H](O)[C@@H](O[C@H]2[C@H](OC)[C@H](O)[C@@H](O[C@H]3[C@H](OC)[C@H](O)[C@@H](O[C@H]4[C@H](OC)[C@H](O)[C@@H](O[C@H]5[C@H](OC)[C@H](O)[C@@H](O[C@H]6[C@H](OC)[C@H](O)C(O)O[C@@H]6CO)O[C@@H]5CO)O[C@@H]4CO)O[C@@H]3CO)O[C@@H]2CO)O[C@H](CO)[C@H]1O. The van der Waals surface area contributed by atoms with Gasteiger partial charge < -0.3 is 152 Å². The summed E-state index contributed by atoms with van der Waals surface area (Å²) in [7, 11) is 7.15. The van der Waals surface area contributed by atoms with Crippen molar-refractivity contribution in [1.29, 1.82) is 0 Å². The van der Waals surface area contributed by atoms with E-state index in [9.17, 15) is 71.5 Å². The second-order valence-electron chi connectivity index (χ2n) is 18.0. The number of methoxy groups -OCH3 is 6. The van der Waals surface area contributed by atoms with Gasteiger partial charge >= 0.3 is 0 Å². The van der Waals surface area contributed by atoms with Gasteiger partial charge in [-0.25, -0.2) is 0 Å². The second-order valence-corrected chi connectivity index (χ2v) is 18.0. The van der Waals surface area contributed by atoms with Gasteiger partial charge in [0.25, 0.3) is 0 Å². The smallest absolute Gasteiger partial charge is 0.187 e. The molecule has 31 heteroatoms. The summed E-state index contributed by atoms with van der Waals surface area (Å²) in [5.74, 6) is 0. The highest BCUT2D eigenvalue weighted by atomic mass is 16.8. The maximum atomic E-state index is 11.7. The summed E-state index contributed by atoms with van der Waals surface area (Å²) in [4.78, 5) is 0. The molecule has 0 aromatic carbocycles. The average molecular weight is 1080 g/mol. The van der Waals surface area contributed by atoms with E-state index in [0.29, 0.717) is 0 Å². The molecule has 0 aromatic rings. The highest BCUT2D eigenvalue weighted by Gasteiger charge is 2.58. The molecule has 6 fully saturated rings. The first-order valence-corrected chi connectivity index (χ1v) is 23.5. The lowest BCUT2D eigenvalue weighted by molar-refractivity contribution is -0.398. The van der Waals surface area contributed by atoms with E-state index in [0.717, 1.165) is 0 Å². The Hall–Kier alpha value is -1.24. The third kappa shape index (κ3) is 12.6. The van der Waals surface area contributed by atoms with Crippen LogP contribution in [0.5, 0.6) is 0 Å². The largest absolute Gasteiger partial charge is 0.394 e. The molecule has 6 aliphatic heterocycles. The van der Waals surface area contributed by atoms with Crippen LogP contribution in [-0.2, 0) is 80.5 Å². The Morgan fingerprint density at radius 1 is 0.247 bits per heavy atom. The van der Waals surface area contributed by atoms with Gasteiger partial charge in [-0.2, -0.15) is 0 Å². The molecule has 6 rings (SSSR count). The Bertz CT molecular complexity index is 1610. The van der Waals surface area contributed by atoms with Crippen LogP contribution in [-0.4, -0.2) is 338 Å². The molecule has 0 aliphatic carbocycles. The summed E-state index contributed by atoms with van der Waals surface area (Å²) in [5.41, 5.74) is 0. The van der Waals surface area contributed by atoms with Gasteiger partial charge in [0.2, 0.25) is 0 Å². The van der Waals surface area contributed by atoms with Crippen molar-refractivity contribution >= 4 is 0 Å². The minimum Gasteiger partial charge on any atom is -0.394 e. The molecule has 0 radical (unpaired) electrons. The van der Waals surface area contributed by atoms with Crippen LogP contribution < -0.4 is 0 Å². The van der Waals surface area contributed by atoms with Crippen LogP contribution in [0.3, 0.4) is 0 Å². The van der Waals surface area contributed by atoms with Gasteiger partial charge in [-0.1, -0.05) is 0 Å². The molecular weight excluding hydrogens is 1000 g/mol. The molecule has 0 bridgehead atoms. The average Bonchev–Trinajstić information content (AvgIpc) is 3.38. The predicted octanol–water partition coefficient (Wildman–Crippen LogP) is -10.2. The topological polar surface area (TPSA) is 440 Å². The quantitative estimate of drug-likeness (QED) is 0.0479. The Morgan fingerprint density at radius 3 is 0.685 bits per heavy atom. The molecule has 0 saturated carbocycles. The van der Waals surface area contributed by atoms with E-state index in [4.69, 9.17) is 80.5 Å². The molecule has 428 valence electrons. The molecule has 31 nitrogen and oxygen atoms in total. The molecule has 0 spiro atoms. The van der Waals surface area contributed by atoms with Crippen LogP contribution >= 0.6 is 0 Å². The zero-order chi connectivity index (χ0) is 53.6. The molecule has 30 atom stereocenters. The molecule has 0 amide bonds. The fourth-order valence-electron chi connectivity index (χ4n) is 10.1. The van der Waals surface area contributed by atoms with E-state index in [2.05, 4.69) is 0 Å². The number of rotatable bonds is 22. The molecule has 6 saturated heterocycles. The van der Waals surface area contributed by atoms with E-state index in [1.165, 1.54) is 42.7 Å². The van der Waals surface area contributed by atoms with Crippen molar-refractivity contribution in [3.63, 3.8) is 0 Å². The van der Waals surface area contributed by atoms with Crippen molar-refractivity contribution in [2.24, 2.45) is 0 Å². The van der Waals surface area contributed by atoms with Gasteiger partial charge in [-0.05, 0) is 0 Å². The zero-order valence-corrected chi connectivity index (χ0v) is 40.8. The summed E-state index contributed by atoms with van der Waals surface area (Å²) in [6.45, 7) is -4.67. The first-order valence-electron chi connectivity index (χ1n) is 23.5. The van der Waals surface area contributed by atoms with Crippen molar-refractivity contribution in [2.75, 3.05) is 82.3 Å². The Labute approximate surface area is 418 Å². The summed E-state index contributed by atoms with van der Waals surface area (Å²) < 4.78 is 97.6. The number of aliphatic hydroxyl groups is 14. The third-order valence-electron chi connectivity index (χ3n) is 13.9. The minimum absolute atomic E-state index is 0.686. The van der Waals surface area contributed by atoms with Crippen LogP contribution in [0.4, 0.5) is 0 Å². The lowest BCUT2D eigenvalue weighted by atomic mass is 9.95. The van der Waals surface area contributed by atoms with Crippen LogP contribution in [0, 0.1) is 0 Å². The van der Waals surface area contributed by atoms with Crippen LogP contribution in [0.25, 0.3) is 0 Å². The monoisotopic (exact) mass is 1070 g/mol. The molecule has 1 unspecified atom stereocenters. The van der Waals surface area contributed by atoms with E-state index < -0.39 is 224 Å². The summed E-state index contributed by atoms with van der Waals surface area (Å²) in [6, 6.07) is 0. The van der Waals surface area contributed by atoms with Crippen LogP contribution in [0.1, 0.15) is 0 Å². The fourth-order valence-corrected chi connectivity index (χ4v) is 10.1. The number of hydrogen-bond acceptors (Lipinski definition) is 31. The molecule has 6 heterocycles. The van der Waals surface area contributed by atoms with E-state index in [1.54, 1.807) is 0 Å². The maximum absolute atomic E-state index is 11.7. The van der Waals surface area contributed by atoms with Gasteiger partial charge in [0.05, 0.1) is 39.6 Å². The van der Waals surface area contributed by atoms with Crippen molar-refractivity contribution in [3.05, 3.63) is 0 Å². The van der Waals surface area contributed by atoms with Crippen molar-refractivity contribution in [2.45, 2.75) is 184 Å². The zero-order valence-electron chi connectivity index (χ0n) is 40.8. The predicted molar refractivity (Wildman–Crippen MR) is 228 cm³/mol. The van der Waals surface area contributed by atoms with Crippen LogP contribution in [0.15, 0.2) is 0 Å². The van der Waals surface area contributed by atoms with E-state index in [-0.39, 0.29) is 0 Å². The van der Waals surface area contributed by atoms with E-state index >= 15 is 0 Å². The first kappa shape index (κ1) is 61.0. The molecule has 73 heavy (non-hydrogen) atoms. The number of aliphatic hydroxyl groups excluding tert-OH is 14. The van der Waals surface area contributed by atoms with Gasteiger partial charge in [-0.15, -0.1) is 0 Å². The van der Waals surface area contributed by atoms with Gasteiger partial charge in [-0.3, -0.25) is 0 Å². The molecule has 6 aliphatic rings.